The predicted molar refractivity (Wildman–Crippen MR) is 428 cm³/mol. The highest BCUT2D eigenvalue weighted by atomic mass is 31.2. The highest BCUT2D eigenvalue weighted by Gasteiger charge is 2.30. The molecule has 0 radical (unpaired) electrons. The number of aliphatic hydroxyl groups excluding tert-OH is 1. The fraction of sp³-hybridized carbons (Fsp3) is 0.906. The second kappa shape index (κ2) is 78.7. The maximum absolute atomic E-state index is 13.1. The number of ether oxygens (including phenoxy) is 4. The van der Waals surface area contributed by atoms with Crippen molar-refractivity contribution in [3.63, 3.8) is 0 Å². The van der Waals surface area contributed by atoms with Crippen molar-refractivity contribution in [3.8, 4) is 0 Å². The summed E-state index contributed by atoms with van der Waals surface area (Å²) < 4.78 is 68.8. The largest absolute Gasteiger partial charge is 0.472 e. The van der Waals surface area contributed by atoms with Gasteiger partial charge in [0.2, 0.25) is 0 Å². The molecule has 0 saturated carbocycles. The summed E-state index contributed by atoms with van der Waals surface area (Å²) in [5.74, 6) is -2.13. The third-order valence-corrected chi connectivity index (χ3v) is 21.4. The van der Waals surface area contributed by atoms with Gasteiger partial charge in [-0.15, -0.1) is 0 Å². The van der Waals surface area contributed by atoms with Gasteiger partial charge in [-0.1, -0.05) is 386 Å². The molecule has 614 valence electrons. The van der Waals surface area contributed by atoms with Crippen LogP contribution in [0.25, 0.3) is 0 Å². The van der Waals surface area contributed by atoms with Crippen LogP contribution in [0.15, 0.2) is 24.3 Å². The first-order chi connectivity index (χ1) is 50.7. The minimum atomic E-state index is -4.97. The minimum absolute atomic E-state index is 0.0860. The van der Waals surface area contributed by atoms with Crippen molar-refractivity contribution in [2.75, 3.05) is 39.6 Å². The van der Waals surface area contributed by atoms with Crippen LogP contribution in [0.1, 0.15) is 439 Å². The number of aliphatic hydroxyl groups is 1. The lowest BCUT2D eigenvalue weighted by molar-refractivity contribution is -0.161. The predicted octanol–water partition coefficient (Wildman–Crippen LogP) is 25.7. The molecule has 3 N–H and O–H groups in total. The van der Waals surface area contributed by atoms with E-state index in [0.717, 1.165) is 103 Å². The zero-order valence-corrected chi connectivity index (χ0v) is 69.3. The molecule has 0 aromatic heterocycles. The molecule has 104 heavy (non-hydrogen) atoms. The Kier molecular flexibility index (Phi) is 76.8. The lowest BCUT2D eigenvalue weighted by Gasteiger charge is -2.21. The van der Waals surface area contributed by atoms with Gasteiger partial charge in [0.25, 0.3) is 0 Å². The number of esters is 4. The van der Waals surface area contributed by atoms with E-state index < -0.39 is 97.5 Å². The van der Waals surface area contributed by atoms with Gasteiger partial charge in [-0.2, -0.15) is 0 Å². The summed E-state index contributed by atoms with van der Waals surface area (Å²) in [6, 6.07) is 0. The quantitative estimate of drug-likeness (QED) is 0.0169. The van der Waals surface area contributed by atoms with Crippen LogP contribution in [-0.2, 0) is 65.4 Å². The number of hydrogen-bond acceptors (Lipinski definition) is 15. The Bertz CT molecular complexity index is 2060. The Morgan fingerprint density at radius 1 is 0.269 bits per heavy atom. The molecular formula is C85H162O17P2. The van der Waals surface area contributed by atoms with Gasteiger partial charge in [-0.25, -0.2) is 9.13 Å². The van der Waals surface area contributed by atoms with Gasteiger partial charge in [0, 0.05) is 25.7 Å². The highest BCUT2D eigenvalue weighted by Crippen LogP contribution is 2.45. The van der Waals surface area contributed by atoms with E-state index in [1.165, 1.54) is 257 Å². The lowest BCUT2D eigenvalue weighted by atomic mass is 10.0. The third kappa shape index (κ3) is 77.7. The summed E-state index contributed by atoms with van der Waals surface area (Å²) in [5.41, 5.74) is 0. The highest BCUT2D eigenvalue weighted by molar-refractivity contribution is 7.47. The van der Waals surface area contributed by atoms with Crippen molar-refractivity contribution in [3.05, 3.63) is 24.3 Å². The Morgan fingerprint density at radius 2 is 0.462 bits per heavy atom. The van der Waals surface area contributed by atoms with Crippen molar-refractivity contribution in [2.45, 2.75) is 457 Å². The van der Waals surface area contributed by atoms with Crippen LogP contribution in [0.2, 0.25) is 0 Å². The number of unbranched alkanes of at least 4 members (excludes halogenated alkanes) is 55. The van der Waals surface area contributed by atoms with Gasteiger partial charge < -0.3 is 33.8 Å². The maximum atomic E-state index is 13.1. The normalized spacial score (nSPS) is 13.9. The van der Waals surface area contributed by atoms with Crippen molar-refractivity contribution in [1.29, 1.82) is 0 Å². The van der Waals surface area contributed by atoms with E-state index in [-0.39, 0.29) is 25.7 Å². The maximum Gasteiger partial charge on any atom is 0.472 e. The zero-order valence-electron chi connectivity index (χ0n) is 67.5. The first kappa shape index (κ1) is 102. The number of hydrogen-bond donors (Lipinski definition) is 3. The van der Waals surface area contributed by atoms with E-state index in [1.807, 2.05) is 0 Å². The van der Waals surface area contributed by atoms with Gasteiger partial charge >= 0.3 is 39.5 Å². The van der Waals surface area contributed by atoms with Gasteiger partial charge in [0.1, 0.15) is 19.3 Å². The molecule has 19 heteroatoms. The summed E-state index contributed by atoms with van der Waals surface area (Å²) >= 11 is 0. The summed E-state index contributed by atoms with van der Waals surface area (Å²) in [6.07, 6.45) is 75.8. The van der Waals surface area contributed by atoms with Crippen molar-refractivity contribution in [2.24, 2.45) is 0 Å². The van der Waals surface area contributed by atoms with Crippen LogP contribution < -0.4 is 0 Å². The van der Waals surface area contributed by atoms with E-state index in [2.05, 4.69) is 52.0 Å². The van der Waals surface area contributed by atoms with E-state index in [0.29, 0.717) is 25.7 Å². The summed E-state index contributed by atoms with van der Waals surface area (Å²) in [5, 5.41) is 10.7. The van der Waals surface area contributed by atoms with E-state index in [9.17, 15) is 43.2 Å². The fourth-order valence-corrected chi connectivity index (χ4v) is 14.4. The Morgan fingerprint density at radius 3 is 0.702 bits per heavy atom. The Balaban J connectivity index is 5.26. The number of phosphoric acid groups is 2. The molecule has 0 spiro atoms. The molecular weight excluding hydrogens is 1350 g/mol. The minimum Gasteiger partial charge on any atom is -0.462 e. The molecule has 0 rings (SSSR count). The van der Waals surface area contributed by atoms with Crippen LogP contribution in [0.5, 0.6) is 0 Å². The standard InChI is InChI=1S/C85H162O17P2/c1-5-9-13-17-21-25-29-32-35-37-38-39-40-42-45-48-52-56-60-64-68-72-85(90)102-81(76-96-83(88)70-66-62-58-54-50-46-44-41-36-33-30-26-22-18-14-10-6-2)78-100-104(93,94)98-74-79(86)73-97-103(91,92)99-77-80(75-95-82(87)69-65-61-57-53-49-28-24-20-16-12-8-4)101-84(89)71-67-63-59-55-51-47-43-34-31-27-23-19-15-11-7-3/h27,31,34,43,79-81,86H,5-26,28-30,32-33,35-42,44-78H2,1-4H3,(H,91,92)(H,93,94)/b31-27-,43-34-/t79-,80+,81+/m0/s1. The summed E-state index contributed by atoms with van der Waals surface area (Å²) in [6.45, 7) is 4.98. The molecule has 2 unspecified atom stereocenters. The van der Waals surface area contributed by atoms with Crippen LogP contribution in [0.4, 0.5) is 0 Å². The molecule has 0 aromatic rings. The molecule has 0 saturated heterocycles. The first-order valence-corrected chi connectivity index (χ1v) is 46.6. The van der Waals surface area contributed by atoms with Gasteiger partial charge in [0.15, 0.2) is 12.2 Å². The van der Waals surface area contributed by atoms with Gasteiger partial charge in [-0.05, 0) is 51.4 Å². The molecule has 0 fully saturated rings. The monoisotopic (exact) mass is 1520 g/mol. The molecule has 5 atom stereocenters. The zero-order chi connectivity index (χ0) is 76.0. The molecule has 17 nitrogen and oxygen atoms in total. The molecule has 0 aliphatic heterocycles. The van der Waals surface area contributed by atoms with Gasteiger partial charge in [0.05, 0.1) is 26.4 Å². The average molecular weight is 1520 g/mol. The smallest absolute Gasteiger partial charge is 0.462 e. The van der Waals surface area contributed by atoms with Gasteiger partial charge in [-0.3, -0.25) is 37.3 Å². The molecule has 0 bridgehead atoms. The van der Waals surface area contributed by atoms with Crippen molar-refractivity contribution in [1.82, 2.24) is 0 Å². The van der Waals surface area contributed by atoms with E-state index in [4.69, 9.17) is 37.0 Å². The number of phosphoric ester groups is 2. The second-order valence-corrected chi connectivity index (χ2v) is 32.8. The fourth-order valence-electron chi connectivity index (χ4n) is 12.8. The Hall–Kier alpha value is -2.46. The molecule has 0 heterocycles. The number of allylic oxidation sites excluding steroid dienone is 4. The van der Waals surface area contributed by atoms with Crippen molar-refractivity contribution < 1.29 is 80.2 Å². The van der Waals surface area contributed by atoms with E-state index >= 15 is 0 Å². The SMILES string of the molecule is CCCCCC/C=C\C=C/CCCCCCCC(=O)O[C@H](COC(=O)CCCCCCCCCCCCC)COP(=O)(O)OC[C@H](O)COP(=O)(O)OC[C@@H](COC(=O)CCCCCCCCCCCCCCCCCCC)OC(=O)CCCCCCCCCCCCCCCCCCCCCCC. The van der Waals surface area contributed by atoms with Crippen LogP contribution in [-0.4, -0.2) is 96.7 Å². The number of rotatable bonds is 84. The third-order valence-electron chi connectivity index (χ3n) is 19.5. The number of carbonyl (C=O) groups is 4. The number of carbonyl (C=O) groups excluding carboxylic acids is 4. The van der Waals surface area contributed by atoms with Crippen LogP contribution in [0, 0.1) is 0 Å². The second-order valence-electron chi connectivity index (χ2n) is 29.9. The summed E-state index contributed by atoms with van der Waals surface area (Å²) in [7, 11) is -9.94. The van der Waals surface area contributed by atoms with Crippen LogP contribution >= 0.6 is 15.6 Å². The summed E-state index contributed by atoms with van der Waals surface area (Å²) in [4.78, 5) is 73.1. The topological polar surface area (TPSA) is 237 Å². The van der Waals surface area contributed by atoms with E-state index in [1.54, 1.807) is 0 Å². The van der Waals surface area contributed by atoms with Crippen LogP contribution in [0.3, 0.4) is 0 Å². The first-order valence-electron chi connectivity index (χ1n) is 43.6. The lowest BCUT2D eigenvalue weighted by Crippen LogP contribution is -2.30. The van der Waals surface area contributed by atoms with Crippen molar-refractivity contribution >= 4 is 39.5 Å². The average Bonchev–Trinajstić information content (AvgIpc) is 0.936. The molecule has 0 aliphatic rings. The Labute approximate surface area is 637 Å². The molecule has 0 amide bonds. The molecule has 0 aliphatic carbocycles. The molecule has 0 aromatic carbocycles.